The summed E-state index contributed by atoms with van der Waals surface area (Å²) in [6, 6.07) is 0. The van der Waals surface area contributed by atoms with Crippen molar-refractivity contribution < 1.29 is 13.5 Å². The Morgan fingerprint density at radius 2 is 2.14 bits per heavy atom. The molecular formula is C9H19NO3S. The standard InChI is InChI=1S/C9H19NO3S/c1-10-6-3-4-9(11,8-10)5-7-14(2,12)13/h11H,3-8H2,1-2H3. The molecule has 0 aromatic rings. The van der Waals surface area contributed by atoms with Crippen LogP contribution in [0.4, 0.5) is 0 Å². The average molecular weight is 221 g/mol. The monoisotopic (exact) mass is 221 g/mol. The first-order chi connectivity index (χ1) is 6.31. The Bertz CT molecular complexity index is 288. The molecule has 1 aliphatic heterocycles. The third kappa shape index (κ3) is 3.94. The molecule has 1 saturated heterocycles. The largest absolute Gasteiger partial charge is 0.389 e. The molecule has 0 amide bonds. The third-order valence-corrected chi connectivity index (χ3v) is 3.63. The molecule has 14 heavy (non-hydrogen) atoms. The van der Waals surface area contributed by atoms with E-state index in [4.69, 9.17) is 0 Å². The van der Waals surface area contributed by atoms with Crippen LogP contribution in [-0.4, -0.2) is 56.2 Å². The van der Waals surface area contributed by atoms with Crippen LogP contribution in [0, 0.1) is 0 Å². The number of nitrogens with zero attached hydrogens (tertiary/aromatic N) is 1. The summed E-state index contributed by atoms with van der Waals surface area (Å²) in [4.78, 5) is 2.05. The maximum absolute atomic E-state index is 11.0. The number of likely N-dealkylation sites (tertiary alicyclic amines) is 1. The van der Waals surface area contributed by atoms with E-state index in [2.05, 4.69) is 0 Å². The maximum atomic E-state index is 11.0. The van der Waals surface area contributed by atoms with Crippen LogP contribution in [0.5, 0.6) is 0 Å². The quantitative estimate of drug-likeness (QED) is 0.722. The predicted molar refractivity (Wildman–Crippen MR) is 56.0 cm³/mol. The number of piperidine rings is 1. The molecule has 1 unspecified atom stereocenters. The van der Waals surface area contributed by atoms with Crippen LogP contribution in [0.2, 0.25) is 0 Å². The minimum atomic E-state index is -2.96. The predicted octanol–water partition coefficient (Wildman–Crippen LogP) is -0.122. The van der Waals surface area contributed by atoms with Crippen molar-refractivity contribution in [3.63, 3.8) is 0 Å². The van der Waals surface area contributed by atoms with Gasteiger partial charge < -0.3 is 10.0 Å². The molecule has 1 heterocycles. The average Bonchev–Trinajstić information content (AvgIpc) is 1.99. The van der Waals surface area contributed by atoms with E-state index in [1.54, 1.807) is 0 Å². The molecule has 0 bridgehead atoms. The molecule has 84 valence electrons. The van der Waals surface area contributed by atoms with Gasteiger partial charge in [0.1, 0.15) is 9.84 Å². The highest BCUT2D eigenvalue weighted by molar-refractivity contribution is 7.90. The van der Waals surface area contributed by atoms with Crippen LogP contribution in [0.15, 0.2) is 0 Å². The molecule has 1 rings (SSSR count). The van der Waals surface area contributed by atoms with E-state index in [1.165, 1.54) is 6.26 Å². The van der Waals surface area contributed by atoms with Crippen molar-refractivity contribution in [3.8, 4) is 0 Å². The molecule has 0 radical (unpaired) electrons. The zero-order valence-electron chi connectivity index (χ0n) is 8.86. The van der Waals surface area contributed by atoms with Gasteiger partial charge in [0, 0.05) is 12.8 Å². The molecule has 1 fully saturated rings. The summed E-state index contributed by atoms with van der Waals surface area (Å²) in [5.41, 5.74) is -0.796. The van der Waals surface area contributed by atoms with Crippen LogP contribution in [-0.2, 0) is 9.84 Å². The molecule has 0 aliphatic carbocycles. The molecule has 1 N–H and O–H groups in total. The molecule has 1 aliphatic rings. The van der Waals surface area contributed by atoms with Gasteiger partial charge in [0.25, 0.3) is 0 Å². The van der Waals surface area contributed by atoms with Crippen LogP contribution >= 0.6 is 0 Å². The van der Waals surface area contributed by atoms with Gasteiger partial charge in [0.05, 0.1) is 11.4 Å². The van der Waals surface area contributed by atoms with Crippen molar-refractivity contribution in [3.05, 3.63) is 0 Å². The maximum Gasteiger partial charge on any atom is 0.147 e. The molecule has 0 aromatic carbocycles. The summed E-state index contributed by atoms with van der Waals surface area (Å²) < 4.78 is 21.9. The van der Waals surface area contributed by atoms with Gasteiger partial charge in [-0.15, -0.1) is 0 Å². The smallest absolute Gasteiger partial charge is 0.147 e. The van der Waals surface area contributed by atoms with Crippen molar-refractivity contribution in [1.29, 1.82) is 0 Å². The van der Waals surface area contributed by atoms with Gasteiger partial charge in [-0.2, -0.15) is 0 Å². The Morgan fingerprint density at radius 1 is 1.50 bits per heavy atom. The van der Waals surface area contributed by atoms with Crippen molar-refractivity contribution in [2.24, 2.45) is 0 Å². The van der Waals surface area contributed by atoms with Crippen molar-refractivity contribution in [1.82, 2.24) is 4.90 Å². The van der Waals surface area contributed by atoms with Crippen molar-refractivity contribution in [2.45, 2.75) is 24.9 Å². The van der Waals surface area contributed by atoms with Gasteiger partial charge in [-0.25, -0.2) is 8.42 Å². The number of β-amino-alcohol motifs (C(OH)–C–C–N with tert-alkyl or cyclic N) is 1. The molecule has 0 aromatic heterocycles. The van der Waals surface area contributed by atoms with E-state index >= 15 is 0 Å². The first-order valence-corrected chi connectivity index (χ1v) is 6.95. The van der Waals surface area contributed by atoms with E-state index in [0.29, 0.717) is 19.4 Å². The second kappa shape index (κ2) is 4.16. The summed E-state index contributed by atoms with van der Waals surface area (Å²) in [6.07, 6.45) is 3.22. The fraction of sp³-hybridized carbons (Fsp3) is 1.00. The SMILES string of the molecule is CN1CCCC(O)(CCS(C)(=O)=O)C1. The summed E-state index contributed by atoms with van der Waals surface area (Å²) in [6.45, 7) is 1.57. The molecule has 5 heteroatoms. The number of likely N-dealkylation sites (N-methyl/N-ethyl adjacent to an activating group) is 1. The van der Waals surface area contributed by atoms with Crippen LogP contribution < -0.4 is 0 Å². The third-order valence-electron chi connectivity index (χ3n) is 2.68. The van der Waals surface area contributed by atoms with E-state index in [1.807, 2.05) is 11.9 Å². The summed E-state index contributed by atoms with van der Waals surface area (Å²) >= 11 is 0. The Morgan fingerprint density at radius 3 is 2.64 bits per heavy atom. The summed E-state index contributed by atoms with van der Waals surface area (Å²) in [5, 5.41) is 10.1. The van der Waals surface area contributed by atoms with Crippen LogP contribution in [0.25, 0.3) is 0 Å². The van der Waals surface area contributed by atoms with Crippen molar-refractivity contribution in [2.75, 3.05) is 32.1 Å². The number of rotatable bonds is 3. The summed E-state index contributed by atoms with van der Waals surface area (Å²) in [7, 11) is -1.01. The van der Waals surface area contributed by atoms with Crippen LogP contribution in [0.3, 0.4) is 0 Å². The van der Waals surface area contributed by atoms with Gasteiger partial charge in [-0.1, -0.05) is 0 Å². The lowest BCUT2D eigenvalue weighted by Gasteiger charge is -2.37. The minimum Gasteiger partial charge on any atom is -0.389 e. The number of hydrogen-bond donors (Lipinski definition) is 1. The first-order valence-electron chi connectivity index (χ1n) is 4.89. The lowest BCUT2D eigenvalue weighted by molar-refractivity contribution is -0.0250. The Hall–Kier alpha value is -0.130. The number of aliphatic hydroxyl groups is 1. The molecule has 0 saturated carbocycles. The van der Waals surface area contributed by atoms with E-state index in [0.717, 1.165) is 13.0 Å². The van der Waals surface area contributed by atoms with E-state index in [-0.39, 0.29) is 5.75 Å². The van der Waals surface area contributed by atoms with Crippen molar-refractivity contribution >= 4 is 9.84 Å². The fourth-order valence-electron chi connectivity index (χ4n) is 1.92. The summed E-state index contributed by atoms with van der Waals surface area (Å²) in [5.74, 6) is 0.0807. The Kier molecular flexibility index (Phi) is 3.55. The molecule has 0 spiro atoms. The van der Waals surface area contributed by atoms with Gasteiger partial charge in [-0.3, -0.25) is 0 Å². The van der Waals surface area contributed by atoms with Crippen LogP contribution in [0.1, 0.15) is 19.3 Å². The highest BCUT2D eigenvalue weighted by Crippen LogP contribution is 2.23. The highest BCUT2D eigenvalue weighted by Gasteiger charge is 2.32. The topological polar surface area (TPSA) is 57.6 Å². The lowest BCUT2D eigenvalue weighted by Crippen LogP contribution is -2.47. The Labute approximate surface area is 85.8 Å². The molecule has 4 nitrogen and oxygen atoms in total. The fourth-order valence-corrected chi connectivity index (χ4v) is 2.67. The van der Waals surface area contributed by atoms with E-state index in [9.17, 15) is 13.5 Å². The molecule has 1 atom stereocenters. The van der Waals surface area contributed by atoms with Gasteiger partial charge in [0.15, 0.2) is 0 Å². The zero-order chi connectivity index (χ0) is 10.8. The lowest BCUT2D eigenvalue weighted by atomic mass is 9.91. The zero-order valence-corrected chi connectivity index (χ0v) is 9.68. The molecular weight excluding hydrogens is 202 g/mol. The van der Waals surface area contributed by atoms with E-state index < -0.39 is 15.4 Å². The Balaban J connectivity index is 2.49. The first kappa shape index (κ1) is 11.9. The van der Waals surface area contributed by atoms with Gasteiger partial charge in [0.2, 0.25) is 0 Å². The normalized spacial score (nSPS) is 30.5. The second-order valence-corrected chi connectivity index (χ2v) is 6.71. The second-order valence-electron chi connectivity index (χ2n) is 4.45. The number of sulfone groups is 1. The highest BCUT2D eigenvalue weighted by atomic mass is 32.2. The van der Waals surface area contributed by atoms with Gasteiger partial charge >= 0.3 is 0 Å². The van der Waals surface area contributed by atoms with Gasteiger partial charge in [-0.05, 0) is 32.9 Å². The number of hydrogen-bond acceptors (Lipinski definition) is 4. The minimum absolute atomic E-state index is 0.0807.